The van der Waals surface area contributed by atoms with Gasteiger partial charge in [0.05, 0.1) is 12.6 Å². The van der Waals surface area contributed by atoms with Crippen LogP contribution in [0.3, 0.4) is 0 Å². The third-order valence-electron chi connectivity index (χ3n) is 3.77. The first kappa shape index (κ1) is 13.9. The molecule has 23 heavy (non-hydrogen) atoms. The van der Waals surface area contributed by atoms with E-state index in [-0.39, 0.29) is 11.7 Å². The van der Waals surface area contributed by atoms with Gasteiger partial charge in [0.2, 0.25) is 0 Å². The molecular weight excluding hydrogens is 313 g/mol. The van der Waals surface area contributed by atoms with Gasteiger partial charge in [-0.05, 0) is 19.1 Å². The average Bonchev–Trinajstić information content (AvgIpc) is 3.12. The lowest BCUT2D eigenvalue weighted by molar-refractivity contribution is -0.146. The number of hydrogen-bond acceptors (Lipinski definition) is 6. The van der Waals surface area contributed by atoms with Gasteiger partial charge in [0.1, 0.15) is 12.1 Å². The van der Waals surface area contributed by atoms with Crippen LogP contribution < -0.4 is 4.90 Å². The summed E-state index contributed by atoms with van der Waals surface area (Å²) in [5.41, 5.74) is 0.0503. The van der Waals surface area contributed by atoms with Crippen LogP contribution in [0.4, 0.5) is 19.0 Å². The third kappa shape index (κ3) is 2.19. The van der Waals surface area contributed by atoms with Crippen LogP contribution in [-0.2, 0) is 12.7 Å². The van der Waals surface area contributed by atoms with Crippen molar-refractivity contribution >= 4 is 11.5 Å². The fourth-order valence-electron chi connectivity index (χ4n) is 2.69. The van der Waals surface area contributed by atoms with Crippen molar-refractivity contribution in [2.45, 2.75) is 25.7 Å². The first-order chi connectivity index (χ1) is 10.9. The van der Waals surface area contributed by atoms with Crippen LogP contribution in [0.2, 0.25) is 0 Å². The summed E-state index contributed by atoms with van der Waals surface area (Å²) in [6.45, 7) is 3.00. The maximum atomic E-state index is 12.9. The SMILES string of the molecule is CC1CN(c2ccc3nnc(C(F)(F)F)n3n2)Cc2nncn21. The number of halogens is 3. The lowest BCUT2D eigenvalue weighted by Gasteiger charge is -2.32. The fourth-order valence-corrected chi connectivity index (χ4v) is 2.69. The highest BCUT2D eigenvalue weighted by atomic mass is 19.4. The summed E-state index contributed by atoms with van der Waals surface area (Å²) in [7, 11) is 0. The molecule has 3 aromatic rings. The van der Waals surface area contributed by atoms with Gasteiger partial charge in [-0.25, -0.2) is 0 Å². The van der Waals surface area contributed by atoms with E-state index >= 15 is 0 Å². The second-order valence-corrected chi connectivity index (χ2v) is 5.37. The second kappa shape index (κ2) is 4.64. The number of aromatic nitrogens is 7. The molecule has 0 spiro atoms. The molecule has 0 aliphatic carbocycles. The van der Waals surface area contributed by atoms with Gasteiger partial charge in [0, 0.05) is 6.54 Å². The van der Waals surface area contributed by atoms with E-state index in [1.165, 1.54) is 6.07 Å². The van der Waals surface area contributed by atoms with Crippen LogP contribution in [0, 0.1) is 0 Å². The molecule has 1 unspecified atom stereocenters. The van der Waals surface area contributed by atoms with E-state index < -0.39 is 12.0 Å². The Morgan fingerprint density at radius 2 is 2.00 bits per heavy atom. The molecule has 11 heteroatoms. The molecule has 3 aromatic heterocycles. The first-order valence-electron chi connectivity index (χ1n) is 6.86. The Morgan fingerprint density at radius 3 is 2.78 bits per heavy atom. The zero-order chi connectivity index (χ0) is 16.2. The number of nitrogens with zero attached hydrogens (tertiary/aromatic N) is 8. The van der Waals surface area contributed by atoms with Gasteiger partial charge >= 0.3 is 6.18 Å². The Morgan fingerprint density at radius 1 is 1.17 bits per heavy atom. The Bertz CT molecular complexity index is 867. The molecule has 0 amide bonds. The van der Waals surface area contributed by atoms with Crippen molar-refractivity contribution in [3.05, 3.63) is 30.1 Å². The Hall–Kier alpha value is -2.72. The predicted octanol–water partition coefficient (Wildman–Crippen LogP) is 1.32. The van der Waals surface area contributed by atoms with E-state index in [9.17, 15) is 13.2 Å². The number of alkyl halides is 3. The van der Waals surface area contributed by atoms with Crippen LogP contribution in [0.1, 0.15) is 24.6 Å². The van der Waals surface area contributed by atoms with Gasteiger partial charge in [-0.2, -0.15) is 17.7 Å². The van der Waals surface area contributed by atoms with E-state index in [0.29, 0.717) is 18.9 Å². The summed E-state index contributed by atoms with van der Waals surface area (Å²) in [5.74, 6) is 0.0110. The topological polar surface area (TPSA) is 77.0 Å². The van der Waals surface area contributed by atoms with Crippen LogP contribution in [0.5, 0.6) is 0 Å². The van der Waals surface area contributed by atoms with Crippen molar-refractivity contribution in [1.29, 1.82) is 0 Å². The molecule has 0 aromatic carbocycles. The summed E-state index contributed by atoms with van der Waals surface area (Å²) >= 11 is 0. The van der Waals surface area contributed by atoms with Crippen molar-refractivity contribution in [3.8, 4) is 0 Å². The third-order valence-corrected chi connectivity index (χ3v) is 3.77. The minimum Gasteiger partial charge on any atom is -0.346 e. The molecule has 0 N–H and O–H groups in total. The quantitative estimate of drug-likeness (QED) is 0.672. The van der Waals surface area contributed by atoms with E-state index in [2.05, 4.69) is 25.5 Å². The summed E-state index contributed by atoms with van der Waals surface area (Å²) < 4.78 is 41.5. The van der Waals surface area contributed by atoms with Crippen LogP contribution in [0.15, 0.2) is 18.5 Å². The van der Waals surface area contributed by atoms with Gasteiger partial charge in [0.25, 0.3) is 5.82 Å². The largest absolute Gasteiger partial charge is 0.453 e. The monoisotopic (exact) mass is 324 g/mol. The Labute approximate surface area is 127 Å². The molecule has 4 heterocycles. The average molecular weight is 324 g/mol. The van der Waals surface area contributed by atoms with Crippen molar-refractivity contribution < 1.29 is 13.2 Å². The summed E-state index contributed by atoms with van der Waals surface area (Å²) in [4.78, 5) is 1.86. The summed E-state index contributed by atoms with van der Waals surface area (Å²) in [6, 6.07) is 3.19. The molecular formula is C12H11F3N8. The van der Waals surface area contributed by atoms with Gasteiger partial charge in [0.15, 0.2) is 11.5 Å². The van der Waals surface area contributed by atoms with Gasteiger partial charge in [-0.15, -0.1) is 25.5 Å². The highest BCUT2D eigenvalue weighted by Crippen LogP contribution is 2.29. The van der Waals surface area contributed by atoms with Crippen molar-refractivity contribution in [2.24, 2.45) is 0 Å². The smallest absolute Gasteiger partial charge is 0.346 e. The number of hydrogen-bond donors (Lipinski definition) is 0. The number of fused-ring (bicyclic) bond motifs is 2. The molecule has 8 nitrogen and oxygen atoms in total. The molecule has 120 valence electrons. The van der Waals surface area contributed by atoms with Crippen LogP contribution in [0.25, 0.3) is 5.65 Å². The number of anilines is 1. The van der Waals surface area contributed by atoms with Crippen LogP contribution >= 0.6 is 0 Å². The Balaban J connectivity index is 1.75. The molecule has 0 saturated heterocycles. The molecule has 0 bridgehead atoms. The van der Waals surface area contributed by atoms with Gasteiger partial charge < -0.3 is 9.47 Å². The van der Waals surface area contributed by atoms with Crippen molar-refractivity contribution in [2.75, 3.05) is 11.4 Å². The van der Waals surface area contributed by atoms with E-state index in [1.54, 1.807) is 12.4 Å². The molecule has 1 aliphatic rings. The van der Waals surface area contributed by atoms with Crippen molar-refractivity contribution in [3.63, 3.8) is 0 Å². The summed E-state index contributed by atoms with van der Waals surface area (Å²) in [6.07, 6.45) is -2.96. The highest BCUT2D eigenvalue weighted by Gasteiger charge is 2.38. The molecule has 1 atom stereocenters. The zero-order valence-electron chi connectivity index (χ0n) is 11.9. The van der Waals surface area contributed by atoms with E-state index in [1.807, 2.05) is 16.4 Å². The van der Waals surface area contributed by atoms with E-state index in [4.69, 9.17) is 0 Å². The first-order valence-corrected chi connectivity index (χ1v) is 6.86. The van der Waals surface area contributed by atoms with E-state index in [0.717, 1.165) is 10.3 Å². The maximum Gasteiger partial charge on any atom is 0.453 e. The molecule has 0 fully saturated rings. The predicted molar refractivity (Wildman–Crippen MR) is 71.6 cm³/mol. The molecule has 1 aliphatic heterocycles. The number of rotatable bonds is 1. The molecule has 0 radical (unpaired) electrons. The highest BCUT2D eigenvalue weighted by molar-refractivity contribution is 5.46. The zero-order valence-corrected chi connectivity index (χ0v) is 11.9. The molecule has 0 saturated carbocycles. The molecule has 4 rings (SSSR count). The Kier molecular flexibility index (Phi) is 2.80. The van der Waals surface area contributed by atoms with Gasteiger partial charge in [-0.3, -0.25) is 0 Å². The minimum atomic E-state index is -4.61. The normalized spacial score (nSPS) is 18.4. The standard InChI is InChI=1S/C12H11F3N8/c1-7-4-21(5-10-17-16-6-22(7)10)9-3-2-8-18-19-11(12(13,14)15)23(8)20-9/h2-3,6-7H,4-5H2,1H3. The van der Waals surface area contributed by atoms with Crippen LogP contribution in [-0.4, -0.2) is 41.1 Å². The second-order valence-electron chi connectivity index (χ2n) is 5.37. The summed E-state index contributed by atoms with van der Waals surface area (Å²) in [5, 5.41) is 18.6. The lowest BCUT2D eigenvalue weighted by Crippen LogP contribution is -2.37. The minimum absolute atomic E-state index is 0.0503. The maximum absolute atomic E-state index is 12.9. The lowest BCUT2D eigenvalue weighted by atomic mass is 10.2. The van der Waals surface area contributed by atoms with Crippen molar-refractivity contribution in [1.82, 2.24) is 34.6 Å². The fraction of sp³-hybridized carbons (Fsp3) is 0.417. The van der Waals surface area contributed by atoms with Gasteiger partial charge in [-0.1, -0.05) is 0 Å².